The Labute approximate surface area is 106 Å². The molecule has 0 spiro atoms. The van der Waals surface area contributed by atoms with Gasteiger partial charge in [0.1, 0.15) is 10.7 Å². The average molecular weight is 276 g/mol. The van der Waals surface area contributed by atoms with Crippen LogP contribution in [0.4, 0.5) is 10.1 Å². The molecule has 18 heavy (non-hydrogen) atoms. The van der Waals surface area contributed by atoms with Crippen LogP contribution in [0.25, 0.3) is 0 Å². The highest BCUT2D eigenvalue weighted by molar-refractivity contribution is 7.89. The molecule has 1 unspecified atom stereocenters. The van der Waals surface area contributed by atoms with Crippen molar-refractivity contribution in [3.63, 3.8) is 0 Å². The molecule has 1 aromatic carbocycles. The molecule has 0 aliphatic heterocycles. The van der Waals surface area contributed by atoms with E-state index in [0.717, 1.165) is 12.1 Å². The van der Waals surface area contributed by atoms with Gasteiger partial charge in [-0.3, -0.25) is 0 Å². The zero-order chi connectivity index (χ0) is 13.8. The fourth-order valence-electron chi connectivity index (χ4n) is 1.42. The van der Waals surface area contributed by atoms with E-state index in [4.69, 9.17) is 10.5 Å². The lowest BCUT2D eigenvalue weighted by atomic mass is 10.3. The van der Waals surface area contributed by atoms with Crippen LogP contribution in [0.2, 0.25) is 0 Å². The number of methoxy groups -OCH3 is 1. The van der Waals surface area contributed by atoms with E-state index in [2.05, 4.69) is 4.72 Å². The number of hydrogen-bond donors (Lipinski definition) is 2. The summed E-state index contributed by atoms with van der Waals surface area (Å²) in [4.78, 5) is -0.402. The van der Waals surface area contributed by atoms with E-state index in [1.165, 1.54) is 13.2 Å². The molecule has 0 fully saturated rings. The van der Waals surface area contributed by atoms with E-state index in [0.29, 0.717) is 13.0 Å². The number of sulfonamides is 1. The van der Waals surface area contributed by atoms with E-state index in [-0.39, 0.29) is 11.7 Å². The van der Waals surface area contributed by atoms with Gasteiger partial charge in [-0.1, -0.05) is 0 Å². The van der Waals surface area contributed by atoms with Crippen molar-refractivity contribution >= 4 is 15.7 Å². The SMILES string of the molecule is COCCC(C)NS(=O)(=O)c1ccc(N)cc1F. The number of rotatable bonds is 6. The maximum atomic E-state index is 13.5. The monoisotopic (exact) mass is 276 g/mol. The minimum atomic E-state index is -3.87. The number of anilines is 1. The van der Waals surface area contributed by atoms with Crippen LogP contribution in [-0.4, -0.2) is 28.2 Å². The van der Waals surface area contributed by atoms with Crippen molar-refractivity contribution in [3.8, 4) is 0 Å². The van der Waals surface area contributed by atoms with Gasteiger partial charge in [-0.25, -0.2) is 17.5 Å². The first kappa shape index (κ1) is 14.9. The molecule has 0 aromatic heterocycles. The van der Waals surface area contributed by atoms with Gasteiger partial charge >= 0.3 is 0 Å². The van der Waals surface area contributed by atoms with Crippen LogP contribution in [0, 0.1) is 5.82 Å². The second-order valence-corrected chi connectivity index (χ2v) is 5.68. The number of nitrogen functional groups attached to an aromatic ring is 1. The van der Waals surface area contributed by atoms with Gasteiger partial charge in [-0.2, -0.15) is 0 Å². The first-order valence-electron chi connectivity index (χ1n) is 5.43. The number of nitrogens with one attached hydrogen (secondary N) is 1. The van der Waals surface area contributed by atoms with Crippen LogP contribution < -0.4 is 10.5 Å². The predicted molar refractivity (Wildman–Crippen MR) is 67.1 cm³/mol. The molecule has 7 heteroatoms. The summed E-state index contributed by atoms with van der Waals surface area (Å²) in [5, 5.41) is 0. The van der Waals surface area contributed by atoms with Gasteiger partial charge in [0.25, 0.3) is 0 Å². The number of ether oxygens (including phenoxy) is 1. The summed E-state index contributed by atoms with van der Waals surface area (Å²) >= 11 is 0. The average Bonchev–Trinajstić information content (AvgIpc) is 2.25. The maximum Gasteiger partial charge on any atom is 0.243 e. The summed E-state index contributed by atoms with van der Waals surface area (Å²) in [6.45, 7) is 2.11. The van der Waals surface area contributed by atoms with Gasteiger partial charge in [0, 0.05) is 25.4 Å². The highest BCUT2D eigenvalue weighted by Crippen LogP contribution is 2.17. The van der Waals surface area contributed by atoms with Crippen molar-refractivity contribution < 1.29 is 17.5 Å². The zero-order valence-corrected chi connectivity index (χ0v) is 11.1. The van der Waals surface area contributed by atoms with Crippen LogP contribution in [0.15, 0.2) is 23.1 Å². The van der Waals surface area contributed by atoms with Crippen molar-refractivity contribution in [3.05, 3.63) is 24.0 Å². The molecule has 5 nitrogen and oxygen atoms in total. The standard InChI is InChI=1S/C11H17FN2O3S/c1-8(5-6-17-2)14-18(15,16)11-4-3-9(13)7-10(11)12/h3-4,7-8,14H,5-6,13H2,1-2H3. The Kier molecular flexibility index (Phi) is 5.06. The summed E-state index contributed by atoms with van der Waals surface area (Å²) in [5.74, 6) is -0.860. The van der Waals surface area contributed by atoms with Gasteiger partial charge in [0.15, 0.2) is 0 Å². The fraction of sp³-hybridized carbons (Fsp3) is 0.455. The topological polar surface area (TPSA) is 81.4 Å². The van der Waals surface area contributed by atoms with Gasteiger partial charge in [0.2, 0.25) is 10.0 Å². The molecule has 0 bridgehead atoms. The Balaban J connectivity index is 2.86. The number of nitrogens with two attached hydrogens (primary N) is 1. The molecule has 102 valence electrons. The van der Waals surface area contributed by atoms with Crippen LogP contribution >= 0.6 is 0 Å². The van der Waals surface area contributed by atoms with Gasteiger partial charge < -0.3 is 10.5 Å². The fourth-order valence-corrected chi connectivity index (χ4v) is 2.75. The molecule has 0 heterocycles. The molecule has 0 aliphatic rings. The Morgan fingerprint density at radius 3 is 2.72 bits per heavy atom. The molecule has 3 N–H and O–H groups in total. The molecule has 1 aromatic rings. The summed E-state index contributed by atoms with van der Waals surface area (Å²) < 4.78 is 44.6. The van der Waals surface area contributed by atoms with Crippen LogP contribution in [0.3, 0.4) is 0 Å². The van der Waals surface area contributed by atoms with E-state index in [1.54, 1.807) is 6.92 Å². The molecule has 0 radical (unpaired) electrons. The molecule has 1 rings (SSSR count). The van der Waals surface area contributed by atoms with Crippen LogP contribution in [-0.2, 0) is 14.8 Å². The summed E-state index contributed by atoms with van der Waals surface area (Å²) in [7, 11) is -2.34. The lowest BCUT2D eigenvalue weighted by Gasteiger charge is -2.14. The van der Waals surface area contributed by atoms with Crippen molar-refractivity contribution in [1.82, 2.24) is 4.72 Å². The third-order valence-corrected chi connectivity index (χ3v) is 3.98. The second kappa shape index (κ2) is 6.12. The quantitative estimate of drug-likeness (QED) is 0.763. The number of benzene rings is 1. The minimum Gasteiger partial charge on any atom is -0.399 e. The highest BCUT2D eigenvalue weighted by Gasteiger charge is 2.21. The normalized spacial score (nSPS) is 13.5. The first-order chi connectivity index (χ1) is 8.36. The third kappa shape index (κ3) is 3.94. The summed E-state index contributed by atoms with van der Waals surface area (Å²) in [6, 6.07) is 3.13. The van der Waals surface area contributed by atoms with Crippen molar-refractivity contribution in [2.75, 3.05) is 19.5 Å². The summed E-state index contributed by atoms with van der Waals surface area (Å²) in [5.41, 5.74) is 5.55. The van der Waals surface area contributed by atoms with Crippen molar-refractivity contribution in [1.29, 1.82) is 0 Å². The first-order valence-corrected chi connectivity index (χ1v) is 6.91. The zero-order valence-electron chi connectivity index (χ0n) is 10.3. The Bertz CT molecular complexity index is 505. The molecule has 0 aliphatic carbocycles. The van der Waals surface area contributed by atoms with E-state index in [1.807, 2.05) is 0 Å². The Morgan fingerprint density at radius 1 is 1.50 bits per heavy atom. The molecular weight excluding hydrogens is 259 g/mol. The third-order valence-electron chi connectivity index (χ3n) is 2.36. The molecule has 1 atom stereocenters. The minimum absolute atomic E-state index is 0.180. The van der Waals surface area contributed by atoms with Gasteiger partial charge in [0.05, 0.1) is 0 Å². The van der Waals surface area contributed by atoms with Crippen LogP contribution in [0.5, 0.6) is 0 Å². The largest absolute Gasteiger partial charge is 0.399 e. The molecular formula is C11H17FN2O3S. The molecule has 0 saturated carbocycles. The second-order valence-electron chi connectivity index (χ2n) is 3.99. The van der Waals surface area contributed by atoms with Crippen LogP contribution in [0.1, 0.15) is 13.3 Å². The molecule has 0 amide bonds. The maximum absolute atomic E-state index is 13.5. The Hall–Kier alpha value is -1.18. The number of hydrogen-bond acceptors (Lipinski definition) is 4. The van der Waals surface area contributed by atoms with Gasteiger partial charge in [-0.05, 0) is 31.5 Å². The summed E-state index contributed by atoms with van der Waals surface area (Å²) in [6.07, 6.45) is 0.506. The lowest BCUT2D eigenvalue weighted by Crippen LogP contribution is -2.33. The molecule has 0 saturated heterocycles. The van der Waals surface area contributed by atoms with E-state index < -0.39 is 20.7 Å². The lowest BCUT2D eigenvalue weighted by molar-refractivity contribution is 0.188. The van der Waals surface area contributed by atoms with Gasteiger partial charge in [-0.15, -0.1) is 0 Å². The number of halogens is 1. The van der Waals surface area contributed by atoms with Crippen molar-refractivity contribution in [2.45, 2.75) is 24.3 Å². The predicted octanol–water partition coefficient (Wildman–Crippen LogP) is 1.11. The highest BCUT2D eigenvalue weighted by atomic mass is 32.2. The smallest absolute Gasteiger partial charge is 0.243 e. The van der Waals surface area contributed by atoms with E-state index >= 15 is 0 Å². The Morgan fingerprint density at radius 2 is 2.17 bits per heavy atom. The van der Waals surface area contributed by atoms with E-state index in [9.17, 15) is 12.8 Å². The van der Waals surface area contributed by atoms with Crippen molar-refractivity contribution in [2.24, 2.45) is 0 Å².